The normalized spacial score (nSPS) is 11.8. The van der Waals surface area contributed by atoms with Gasteiger partial charge in [0.05, 0.1) is 0 Å². The molecule has 0 fully saturated rings. The van der Waals surface area contributed by atoms with Crippen molar-refractivity contribution in [2.24, 2.45) is 0 Å². The summed E-state index contributed by atoms with van der Waals surface area (Å²) in [5, 5.41) is 2.76. The maximum Gasteiger partial charge on any atom is 0.245 e. The van der Waals surface area contributed by atoms with Crippen LogP contribution in [-0.4, -0.2) is 41.6 Å². The highest BCUT2D eigenvalue weighted by Crippen LogP contribution is 2.19. The molecule has 0 aliphatic rings. The summed E-state index contributed by atoms with van der Waals surface area (Å²) >= 11 is 1.58. The van der Waals surface area contributed by atoms with Gasteiger partial charge in [-0.2, -0.15) is 0 Å². The fraction of sp³-hybridized carbons (Fsp3) is 0.500. The maximum atomic E-state index is 12.4. The quantitative estimate of drug-likeness (QED) is 0.787. The number of hydrogen-bond acceptors (Lipinski definition) is 3. The third-order valence-corrected chi connectivity index (χ3v) is 4.29. The first-order valence-electron chi connectivity index (χ1n) is 7.23. The third-order valence-electron chi connectivity index (χ3n) is 3.19. The van der Waals surface area contributed by atoms with Crippen molar-refractivity contribution in [1.29, 1.82) is 0 Å². The van der Waals surface area contributed by atoms with E-state index in [9.17, 15) is 9.59 Å². The van der Waals surface area contributed by atoms with Gasteiger partial charge in [-0.25, -0.2) is 0 Å². The molecule has 1 aromatic carbocycles. The molecular formula is C16H24N2O2S. The molecule has 0 aromatic heterocycles. The smallest absolute Gasteiger partial charge is 0.245 e. The molecular weight excluding hydrogens is 284 g/mol. The monoisotopic (exact) mass is 308 g/mol. The van der Waals surface area contributed by atoms with Crippen molar-refractivity contribution < 1.29 is 9.59 Å². The van der Waals surface area contributed by atoms with Crippen LogP contribution in [0.15, 0.2) is 29.2 Å². The second kappa shape index (κ2) is 8.72. The van der Waals surface area contributed by atoms with E-state index in [1.165, 1.54) is 12.5 Å². The van der Waals surface area contributed by atoms with Gasteiger partial charge >= 0.3 is 0 Å². The summed E-state index contributed by atoms with van der Waals surface area (Å²) in [4.78, 5) is 26.6. The summed E-state index contributed by atoms with van der Waals surface area (Å²) in [6, 6.07) is 7.68. The molecule has 2 amide bonds. The molecule has 0 bridgehead atoms. The largest absolute Gasteiger partial charge is 0.344 e. The minimum Gasteiger partial charge on any atom is -0.344 e. The number of carbonyl (C=O) groups is 2. The predicted octanol–water partition coefficient (Wildman–Crippen LogP) is 2.46. The minimum absolute atomic E-state index is 0.0187. The van der Waals surface area contributed by atoms with E-state index >= 15 is 0 Å². The molecule has 21 heavy (non-hydrogen) atoms. The lowest BCUT2D eigenvalue weighted by molar-refractivity contribution is -0.135. The van der Waals surface area contributed by atoms with Crippen molar-refractivity contribution in [2.75, 3.05) is 18.8 Å². The van der Waals surface area contributed by atoms with Crippen molar-refractivity contribution in [3.63, 3.8) is 0 Å². The van der Waals surface area contributed by atoms with Crippen LogP contribution in [0.1, 0.15) is 26.3 Å². The van der Waals surface area contributed by atoms with Crippen LogP contribution >= 0.6 is 11.8 Å². The molecule has 1 aromatic rings. The van der Waals surface area contributed by atoms with E-state index in [4.69, 9.17) is 0 Å². The number of thioether (sulfide) groups is 1. The Morgan fingerprint density at radius 1 is 1.19 bits per heavy atom. The molecule has 1 atom stereocenters. The van der Waals surface area contributed by atoms with E-state index in [1.54, 1.807) is 16.7 Å². The molecule has 0 aliphatic heterocycles. The molecule has 0 saturated heterocycles. The van der Waals surface area contributed by atoms with Crippen molar-refractivity contribution in [2.45, 2.75) is 38.6 Å². The number of aryl methyl sites for hydroxylation is 1. The van der Waals surface area contributed by atoms with Crippen molar-refractivity contribution in [3.8, 4) is 0 Å². The maximum absolute atomic E-state index is 12.4. The first kappa shape index (κ1) is 17.6. The molecule has 116 valence electrons. The number of carbonyl (C=O) groups excluding carboxylic acids is 2. The third kappa shape index (κ3) is 5.79. The Labute approximate surface area is 131 Å². The number of hydrogen-bond donors (Lipinski definition) is 1. The van der Waals surface area contributed by atoms with Crippen LogP contribution in [0.3, 0.4) is 0 Å². The molecule has 4 nitrogen and oxygen atoms in total. The van der Waals surface area contributed by atoms with Gasteiger partial charge in [-0.15, -0.1) is 11.8 Å². The lowest BCUT2D eigenvalue weighted by atomic mass is 10.2. The van der Waals surface area contributed by atoms with Gasteiger partial charge in [-0.05, 0) is 32.9 Å². The van der Waals surface area contributed by atoms with Crippen LogP contribution in [-0.2, 0) is 9.59 Å². The van der Waals surface area contributed by atoms with Crippen LogP contribution in [0.4, 0.5) is 0 Å². The Balaban J connectivity index is 2.71. The SMILES string of the molecule is CCN(CC)C(=O)C(CSc1ccc(C)cc1)NC(C)=O. The van der Waals surface area contributed by atoms with Gasteiger partial charge in [0, 0.05) is 30.7 Å². The van der Waals surface area contributed by atoms with Gasteiger partial charge in [0.15, 0.2) is 0 Å². The number of amides is 2. The standard InChI is InChI=1S/C16H24N2O2S/c1-5-18(6-2)16(20)15(17-13(4)19)11-21-14-9-7-12(3)8-10-14/h7-10,15H,5-6,11H2,1-4H3,(H,17,19). The van der Waals surface area contributed by atoms with Crippen molar-refractivity contribution >= 4 is 23.6 Å². The highest BCUT2D eigenvalue weighted by atomic mass is 32.2. The van der Waals surface area contributed by atoms with Gasteiger partial charge in [-0.3, -0.25) is 9.59 Å². The lowest BCUT2D eigenvalue weighted by Gasteiger charge is -2.25. The Kier molecular flexibility index (Phi) is 7.29. The predicted molar refractivity (Wildman–Crippen MR) is 87.4 cm³/mol. The molecule has 1 N–H and O–H groups in total. The summed E-state index contributed by atoms with van der Waals surface area (Å²) in [6.45, 7) is 8.68. The summed E-state index contributed by atoms with van der Waals surface area (Å²) in [7, 11) is 0. The van der Waals surface area contributed by atoms with E-state index in [2.05, 4.69) is 5.32 Å². The van der Waals surface area contributed by atoms with Gasteiger partial charge < -0.3 is 10.2 Å². The zero-order chi connectivity index (χ0) is 15.8. The second-order valence-corrected chi connectivity index (χ2v) is 5.98. The fourth-order valence-corrected chi connectivity index (χ4v) is 2.90. The molecule has 1 unspecified atom stereocenters. The zero-order valence-electron chi connectivity index (χ0n) is 13.2. The molecule has 1 rings (SSSR count). The van der Waals surface area contributed by atoms with E-state index in [0.717, 1.165) is 4.90 Å². The first-order chi connectivity index (χ1) is 9.97. The fourth-order valence-electron chi connectivity index (χ4n) is 1.99. The first-order valence-corrected chi connectivity index (χ1v) is 8.21. The lowest BCUT2D eigenvalue weighted by Crippen LogP contribution is -2.49. The summed E-state index contributed by atoms with van der Waals surface area (Å²) < 4.78 is 0. The molecule has 0 saturated carbocycles. The van der Waals surface area contributed by atoms with Crippen molar-refractivity contribution in [3.05, 3.63) is 29.8 Å². The number of likely N-dealkylation sites (N-methyl/N-ethyl adjacent to an activating group) is 1. The van der Waals surface area contributed by atoms with Gasteiger partial charge in [-0.1, -0.05) is 17.7 Å². The second-order valence-electron chi connectivity index (χ2n) is 4.89. The van der Waals surface area contributed by atoms with Gasteiger partial charge in [0.2, 0.25) is 11.8 Å². The molecule has 0 aliphatic carbocycles. The van der Waals surface area contributed by atoms with Crippen LogP contribution in [0.2, 0.25) is 0 Å². The Hall–Kier alpha value is -1.49. The summed E-state index contributed by atoms with van der Waals surface area (Å²) in [6.07, 6.45) is 0. The molecule has 0 spiro atoms. The van der Waals surface area contributed by atoms with E-state index in [1.807, 2.05) is 45.0 Å². The zero-order valence-corrected chi connectivity index (χ0v) is 14.0. The minimum atomic E-state index is -0.478. The Morgan fingerprint density at radius 3 is 2.24 bits per heavy atom. The average Bonchev–Trinajstić information content (AvgIpc) is 2.46. The van der Waals surface area contributed by atoms with Crippen molar-refractivity contribution in [1.82, 2.24) is 10.2 Å². The molecule has 0 heterocycles. The number of rotatable bonds is 7. The summed E-state index contributed by atoms with van der Waals surface area (Å²) in [5.74, 6) is 0.345. The number of nitrogens with zero attached hydrogens (tertiary/aromatic N) is 1. The van der Waals surface area contributed by atoms with Gasteiger partial charge in [0.1, 0.15) is 6.04 Å². The van der Waals surface area contributed by atoms with E-state index < -0.39 is 6.04 Å². The summed E-state index contributed by atoms with van der Waals surface area (Å²) in [5.41, 5.74) is 1.21. The average molecular weight is 308 g/mol. The highest BCUT2D eigenvalue weighted by Gasteiger charge is 2.23. The van der Waals surface area contributed by atoms with Crippen LogP contribution < -0.4 is 5.32 Å². The number of nitrogens with one attached hydrogen (secondary N) is 1. The van der Waals surface area contributed by atoms with E-state index in [0.29, 0.717) is 18.8 Å². The van der Waals surface area contributed by atoms with Gasteiger partial charge in [0.25, 0.3) is 0 Å². The number of benzene rings is 1. The topological polar surface area (TPSA) is 49.4 Å². The molecule has 0 radical (unpaired) electrons. The molecule has 5 heteroatoms. The Bertz CT molecular complexity index is 470. The van der Waals surface area contributed by atoms with Crippen LogP contribution in [0.25, 0.3) is 0 Å². The Morgan fingerprint density at radius 2 is 1.76 bits per heavy atom. The highest BCUT2D eigenvalue weighted by molar-refractivity contribution is 7.99. The van der Waals surface area contributed by atoms with E-state index in [-0.39, 0.29) is 11.8 Å². The van der Waals surface area contributed by atoms with Crippen LogP contribution in [0, 0.1) is 6.92 Å². The van der Waals surface area contributed by atoms with Crippen LogP contribution in [0.5, 0.6) is 0 Å².